The number of likely N-dealkylation sites (N-methyl/N-ethyl adjacent to an activating group) is 1. The van der Waals surface area contributed by atoms with Crippen molar-refractivity contribution in [1.82, 2.24) is 20.1 Å². The van der Waals surface area contributed by atoms with E-state index < -0.39 is 0 Å². The summed E-state index contributed by atoms with van der Waals surface area (Å²) in [6.07, 6.45) is 5.59. The highest BCUT2D eigenvalue weighted by Crippen LogP contribution is 2.24. The van der Waals surface area contributed by atoms with E-state index in [4.69, 9.17) is 4.98 Å². The highest BCUT2D eigenvalue weighted by atomic mass is 16.1. The maximum Gasteiger partial charge on any atom is 0.244 e. The topological polar surface area (TPSA) is 51.7 Å². The molecule has 1 amide bonds. The highest BCUT2D eigenvalue weighted by Gasteiger charge is 2.18. The van der Waals surface area contributed by atoms with Gasteiger partial charge < -0.3 is 20.0 Å². The fraction of sp³-hybridized carbons (Fsp3) is 0.500. The van der Waals surface area contributed by atoms with Crippen molar-refractivity contribution in [2.45, 2.75) is 25.8 Å². The molecule has 0 radical (unpaired) electrons. The van der Waals surface area contributed by atoms with E-state index in [1.807, 2.05) is 12.1 Å². The van der Waals surface area contributed by atoms with Crippen molar-refractivity contribution in [1.29, 1.82) is 0 Å². The number of amides is 1. The van der Waals surface area contributed by atoms with Crippen molar-refractivity contribution >= 4 is 28.7 Å². The summed E-state index contributed by atoms with van der Waals surface area (Å²) >= 11 is 0. The Bertz CT molecular complexity index is 925. The van der Waals surface area contributed by atoms with Crippen molar-refractivity contribution in [3.05, 3.63) is 41.5 Å². The Labute approximate surface area is 179 Å². The molecule has 1 N–H and O–H groups in total. The number of fused-ring (bicyclic) bond motifs is 1. The molecule has 0 spiro atoms. The third-order valence-electron chi connectivity index (χ3n) is 6.35. The zero-order valence-electron chi connectivity index (χ0n) is 18.4. The molecule has 2 aromatic rings. The van der Waals surface area contributed by atoms with Crippen LogP contribution in [0.1, 0.15) is 24.0 Å². The van der Waals surface area contributed by atoms with Gasteiger partial charge in [-0.15, -0.1) is 0 Å². The first kappa shape index (κ1) is 20.8. The van der Waals surface area contributed by atoms with Crippen LogP contribution in [-0.4, -0.2) is 80.1 Å². The third kappa shape index (κ3) is 4.99. The average molecular weight is 408 g/mol. The zero-order chi connectivity index (χ0) is 21.1. The van der Waals surface area contributed by atoms with E-state index in [1.165, 1.54) is 5.56 Å². The number of benzene rings is 1. The lowest BCUT2D eigenvalue weighted by Gasteiger charge is -2.33. The number of hydrogen-bond donors (Lipinski definition) is 1. The van der Waals surface area contributed by atoms with Gasteiger partial charge in [0.25, 0.3) is 0 Å². The van der Waals surface area contributed by atoms with Gasteiger partial charge in [0.15, 0.2) is 0 Å². The Morgan fingerprint density at radius 1 is 1.03 bits per heavy atom. The number of piperidine rings is 1. The number of aryl methyl sites for hydroxylation is 1. The van der Waals surface area contributed by atoms with Crippen molar-refractivity contribution in [3.63, 3.8) is 0 Å². The molecule has 0 bridgehead atoms. The first-order valence-corrected chi connectivity index (χ1v) is 11.0. The number of likely N-dealkylation sites (tertiary alicyclic amines) is 1. The van der Waals surface area contributed by atoms with E-state index in [0.717, 1.165) is 74.4 Å². The van der Waals surface area contributed by atoms with E-state index >= 15 is 0 Å². The quantitative estimate of drug-likeness (QED) is 0.790. The van der Waals surface area contributed by atoms with Gasteiger partial charge in [-0.05, 0) is 82.4 Å². The summed E-state index contributed by atoms with van der Waals surface area (Å²) in [5.41, 5.74) is 3.26. The molecule has 0 unspecified atom stereocenters. The van der Waals surface area contributed by atoms with Crippen LogP contribution in [0.5, 0.6) is 0 Å². The predicted octanol–water partition coefficient (Wildman–Crippen LogP) is 2.52. The maximum atomic E-state index is 12.3. The summed E-state index contributed by atoms with van der Waals surface area (Å²) in [5, 5.41) is 4.28. The van der Waals surface area contributed by atoms with E-state index in [-0.39, 0.29) is 11.9 Å². The molecule has 2 saturated heterocycles. The lowest BCUT2D eigenvalue weighted by Crippen LogP contribution is -2.44. The molecule has 160 valence electrons. The summed E-state index contributed by atoms with van der Waals surface area (Å²) in [6.45, 7) is 8.40. The Morgan fingerprint density at radius 3 is 2.47 bits per heavy atom. The minimum atomic E-state index is -0.00934. The SMILES string of the molecule is Cc1cc(N2CCN(C)CC2)nc2ccc(/C=C/C(=O)NC3CCN(C)CC3)cc12. The Hall–Kier alpha value is -2.44. The fourth-order valence-electron chi connectivity index (χ4n) is 4.27. The van der Waals surface area contributed by atoms with Crippen LogP contribution >= 0.6 is 0 Å². The lowest BCUT2D eigenvalue weighted by atomic mass is 10.0. The monoisotopic (exact) mass is 407 g/mol. The number of rotatable bonds is 4. The first-order chi connectivity index (χ1) is 14.5. The van der Waals surface area contributed by atoms with Crippen LogP contribution in [0.2, 0.25) is 0 Å². The number of anilines is 1. The van der Waals surface area contributed by atoms with E-state index in [1.54, 1.807) is 6.08 Å². The van der Waals surface area contributed by atoms with Gasteiger partial charge in [-0.2, -0.15) is 0 Å². The van der Waals surface area contributed by atoms with Gasteiger partial charge in [0.05, 0.1) is 5.52 Å². The smallest absolute Gasteiger partial charge is 0.244 e. The van der Waals surface area contributed by atoms with Crippen LogP contribution in [0.4, 0.5) is 5.82 Å². The van der Waals surface area contributed by atoms with Gasteiger partial charge in [-0.25, -0.2) is 4.98 Å². The number of pyridine rings is 1. The Balaban J connectivity index is 1.44. The normalized spacial score (nSPS) is 19.6. The van der Waals surface area contributed by atoms with Crippen LogP contribution in [-0.2, 0) is 4.79 Å². The summed E-state index contributed by atoms with van der Waals surface area (Å²) in [4.78, 5) is 24.2. The van der Waals surface area contributed by atoms with Crippen LogP contribution in [0.3, 0.4) is 0 Å². The van der Waals surface area contributed by atoms with Crippen molar-refractivity contribution in [2.75, 3.05) is 58.3 Å². The number of carbonyl (C=O) groups excluding carboxylic acids is 1. The lowest BCUT2D eigenvalue weighted by molar-refractivity contribution is -0.117. The Morgan fingerprint density at radius 2 is 1.73 bits per heavy atom. The van der Waals surface area contributed by atoms with Crippen LogP contribution < -0.4 is 10.2 Å². The first-order valence-electron chi connectivity index (χ1n) is 11.0. The summed E-state index contributed by atoms with van der Waals surface area (Å²) < 4.78 is 0. The molecule has 0 saturated carbocycles. The number of nitrogens with one attached hydrogen (secondary N) is 1. The van der Waals surface area contributed by atoms with Gasteiger partial charge >= 0.3 is 0 Å². The summed E-state index contributed by atoms with van der Waals surface area (Å²) in [6, 6.07) is 8.71. The highest BCUT2D eigenvalue weighted by molar-refractivity contribution is 5.93. The molecular weight excluding hydrogens is 374 g/mol. The second-order valence-corrected chi connectivity index (χ2v) is 8.78. The maximum absolute atomic E-state index is 12.3. The Kier molecular flexibility index (Phi) is 6.35. The minimum Gasteiger partial charge on any atom is -0.354 e. The van der Waals surface area contributed by atoms with Gasteiger partial charge in [-0.1, -0.05) is 6.07 Å². The van der Waals surface area contributed by atoms with Gasteiger partial charge in [0, 0.05) is 43.7 Å². The third-order valence-corrected chi connectivity index (χ3v) is 6.35. The van der Waals surface area contributed by atoms with Crippen LogP contribution in [0, 0.1) is 6.92 Å². The largest absolute Gasteiger partial charge is 0.354 e. The van der Waals surface area contributed by atoms with Gasteiger partial charge in [-0.3, -0.25) is 4.79 Å². The number of hydrogen-bond acceptors (Lipinski definition) is 5. The van der Waals surface area contributed by atoms with E-state index in [2.05, 4.69) is 59.2 Å². The molecule has 4 rings (SSSR count). The molecule has 2 aliphatic rings. The molecule has 0 aliphatic carbocycles. The van der Waals surface area contributed by atoms with Crippen molar-refractivity contribution in [3.8, 4) is 0 Å². The number of nitrogens with zero attached hydrogens (tertiary/aromatic N) is 4. The predicted molar refractivity (Wildman–Crippen MR) is 124 cm³/mol. The number of piperazine rings is 1. The van der Waals surface area contributed by atoms with Crippen LogP contribution in [0.25, 0.3) is 17.0 Å². The summed E-state index contributed by atoms with van der Waals surface area (Å²) in [5.74, 6) is 1.05. The van der Waals surface area contributed by atoms with Crippen molar-refractivity contribution < 1.29 is 4.79 Å². The molecule has 1 aromatic heterocycles. The molecule has 6 heteroatoms. The van der Waals surface area contributed by atoms with Gasteiger partial charge in [0.1, 0.15) is 5.82 Å². The minimum absolute atomic E-state index is 0.00934. The molecule has 3 heterocycles. The molecule has 1 aromatic carbocycles. The molecule has 0 atom stereocenters. The zero-order valence-corrected chi connectivity index (χ0v) is 18.4. The van der Waals surface area contributed by atoms with Crippen LogP contribution in [0.15, 0.2) is 30.3 Å². The molecule has 6 nitrogen and oxygen atoms in total. The van der Waals surface area contributed by atoms with E-state index in [0.29, 0.717) is 0 Å². The number of aromatic nitrogens is 1. The molecule has 2 aliphatic heterocycles. The standard InChI is InChI=1S/C24H33N5O/c1-18-16-23(29-14-12-28(3)13-15-29)26-22-6-4-19(17-21(18)22)5-7-24(30)25-20-8-10-27(2)11-9-20/h4-7,16-17,20H,8-15H2,1-3H3,(H,25,30)/b7-5+. The van der Waals surface area contributed by atoms with E-state index in [9.17, 15) is 4.79 Å². The molecule has 30 heavy (non-hydrogen) atoms. The molecular formula is C24H33N5O. The molecule has 2 fully saturated rings. The van der Waals surface area contributed by atoms with Crippen molar-refractivity contribution in [2.24, 2.45) is 0 Å². The second kappa shape index (κ2) is 9.14. The number of carbonyl (C=O) groups is 1. The fourth-order valence-corrected chi connectivity index (χ4v) is 4.27. The van der Waals surface area contributed by atoms with Gasteiger partial charge in [0.2, 0.25) is 5.91 Å². The second-order valence-electron chi connectivity index (χ2n) is 8.78. The summed E-state index contributed by atoms with van der Waals surface area (Å²) in [7, 11) is 4.29. The average Bonchev–Trinajstić information content (AvgIpc) is 2.74.